The molecule has 0 unspecified atom stereocenters. The van der Waals surface area contributed by atoms with Crippen LogP contribution in [0.5, 0.6) is 5.75 Å². The molecule has 1 saturated carbocycles. The molecule has 2 nitrogen and oxygen atoms in total. The summed E-state index contributed by atoms with van der Waals surface area (Å²) in [4.78, 5) is 12.4. The third-order valence-corrected chi connectivity index (χ3v) is 3.86. The first-order valence-corrected chi connectivity index (χ1v) is 6.85. The van der Waals surface area contributed by atoms with Gasteiger partial charge >= 0.3 is 0 Å². The smallest absolute Gasteiger partial charge is 0.165 e. The third-order valence-electron chi connectivity index (χ3n) is 3.86. The van der Waals surface area contributed by atoms with E-state index in [4.69, 9.17) is 4.74 Å². The third kappa shape index (κ3) is 2.58. The van der Waals surface area contributed by atoms with Crippen LogP contribution in [0, 0.1) is 5.92 Å². The molecular formula is C16H22O2. The lowest BCUT2D eigenvalue weighted by atomic mass is 9.92. The van der Waals surface area contributed by atoms with Crippen LogP contribution in [0.3, 0.4) is 0 Å². The first-order valence-electron chi connectivity index (χ1n) is 6.85. The molecule has 0 heterocycles. The fraction of sp³-hybridized carbons (Fsp3) is 0.562. The number of hydrogen-bond donors (Lipinski definition) is 0. The first kappa shape index (κ1) is 13.1. The number of carbonyl (C=O) groups is 1. The van der Waals surface area contributed by atoms with Gasteiger partial charge < -0.3 is 4.74 Å². The summed E-state index contributed by atoms with van der Waals surface area (Å²) in [6.45, 7) is 4.25. The summed E-state index contributed by atoms with van der Waals surface area (Å²) in [5.74, 6) is 1.82. The van der Waals surface area contributed by atoms with Gasteiger partial charge in [0, 0.05) is 11.5 Å². The average molecular weight is 246 g/mol. The Labute approximate surface area is 109 Å². The maximum Gasteiger partial charge on any atom is 0.165 e. The number of ketones is 1. The van der Waals surface area contributed by atoms with Gasteiger partial charge in [-0.05, 0) is 42.5 Å². The van der Waals surface area contributed by atoms with Crippen molar-refractivity contribution in [3.8, 4) is 5.75 Å². The Morgan fingerprint density at radius 1 is 1.28 bits per heavy atom. The summed E-state index contributed by atoms with van der Waals surface area (Å²) in [6, 6.07) is 5.85. The first-order chi connectivity index (χ1) is 8.63. The van der Waals surface area contributed by atoms with E-state index >= 15 is 0 Å². The Hall–Kier alpha value is -1.31. The zero-order chi connectivity index (χ0) is 13.1. The summed E-state index contributed by atoms with van der Waals surface area (Å²) in [5, 5.41) is 0. The molecule has 0 aliphatic heterocycles. The topological polar surface area (TPSA) is 26.3 Å². The van der Waals surface area contributed by atoms with Gasteiger partial charge in [-0.25, -0.2) is 0 Å². The molecule has 0 bridgehead atoms. The van der Waals surface area contributed by atoms with E-state index in [2.05, 4.69) is 13.8 Å². The molecule has 0 saturated heterocycles. The number of rotatable bonds is 4. The Morgan fingerprint density at radius 2 is 1.94 bits per heavy atom. The quantitative estimate of drug-likeness (QED) is 0.744. The predicted molar refractivity (Wildman–Crippen MR) is 73.4 cm³/mol. The molecule has 98 valence electrons. The highest BCUT2D eigenvalue weighted by molar-refractivity contribution is 5.98. The summed E-state index contributed by atoms with van der Waals surface area (Å²) in [5.41, 5.74) is 1.98. The minimum absolute atomic E-state index is 0.249. The van der Waals surface area contributed by atoms with E-state index in [1.807, 2.05) is 18.2 Å². The van der Waals surface area contributed by atoms with Crippen molar-refractivity contribution in [1.29, 1.82) is 0 Å². The van der Waals surface area contributed by atoms with Crippen molar-refractivity contribution in [2.45, 2.75) is 45.4 Å². The molecule has 0 N–H and O–H groups in total. The summed E-state index contributed by atoms with van der Waals surface area (Å²) >= 11 is 0. The van der Waals surface area contributed by atoms with Gasteiger partial charge in [0.15, 0.2) is 5.78 Å². The maximum absolute atomic E-state index is 12.4. The number of Topliss-reactive ketones (excluding diaryl/α,β-unsaturated/α-hetero) is 1. The summed E-state index contributed by atoms with van der Waals surface area (Å²) in [7, 11) is 1.68. The highest BCUT2D eigenvalue weighted by atomic mass is 16.5. The zero-order valence-corrected chi connectivity index (χ0v) is 11.5. The number of methoxy groups -OCH3 is 1. The van der Waals surface area contributed by atoms with Gasteiger partial charge in [0.1, 0.15) is 5.75 Å². The molecule has 0 radical (unpaired) electrons. The fourth-order valence-electron chi connectivity index (χ4n) is 2.76. The zero-order valence-electron chi connectivity index (χ0n) is 11.5. The van der Waals surface area contributed by atoms with Gasteiger partial charge in [0.25, 0.3) is 0 Å². The normalized spacial score (nSPS) is 16.2. The van der Waals surface area contributed by atoms with Crippen LogP contribution in [0.1, 0.15) is 61.4 Å². The van der Waals surface area contributed by atoms with Crippen LogP contribution in [0.15, 0.2) is 18.2 Å². The van der Waals surface area contributed by atoms with Crippen LogP contribution in [-0.2, 0) is 0 Å². The molecule has 2 heteroatoms. The van der Waals surface area contributed by atoms with Gasteiger partial charge in [-0.3, -0.25) is 4.79 Å². The van der Waals surface area contributed by atoms with Crippen LogP contribution < -0.4 is 4.74 Å². The predicted octanol–water partition coefficient (Wildman–Crippen LogP) is 4.19. The second kappa shape index (κ2) is 5.55. The molecule has 18 heavy (non-hydrogen) atoms. The number of ether oxygens (including phenoxy) is 1. The van der Waals surface area contributed by atoms with E-state index < -0.39 is 0 Å². The number of hydrogen-bond acceptors (Lipinski definition) is 2. The molecule has 1 aromatic rings. The van der Waals surface area contributed by atoms with E-state index in [9.17, 15) is 4.79 Å². The molecule has 2 rings (SSSR count). The maximum atomic E-state index is 12.4. The standard InChI is InChI=1S/C16H22O2/c1-11(2)14-10-13(8-9-15(14)18-3)16(17)12-6-4-5-7-12/h8-12H,4-7H2,1-3H3. The van der Waals surface area contributed by atoms with E-state index in [1.165, 1.54) is 12.8 Å². The van der Waals surface area contributed by atoms with E-state index in [1.54, 1.807) is 7.11 Å². The summed E-state index contributed by atoms with van der Waals surface area (Å²) < 4.78 is 5.36. The second-order valence-electron chi connectivity index (χ2n) is 5.46. The van der Waals surface area contributed by atoms with Crippen LogP contribution in [0.4, 0.5) is 0 Å². The van der Waals surface area contributed by atoms with E-state index in [-0.39, 0.29) is 5.92 Å². The molecule has 0 spiro atoms. The molecule has 1 aromatic carbocycles. The van der Waals surface area contributed by atoms with Crippen molar-refractivity contribution in [2.75, 3.05) is 7.11 Å². The lowest BCUT2D eigenvalue weighted by molar-refractivity contribution is 0.0922. The Morgan fingerprint density at radius 3 is 2.50 bits per heavy atom. The Kier molecular flexibility index (Phi) is 4.05. The van der Waals surface area contributed by atoms with Crippen LogP contribution >= 0.6 is 0 Å². The highest BCUT2D eigenvalue weighted by Gasteiger charge is 2.24. The van der Waals surface area contributed by atoms with Crippen molar-refractivity contribution >= 4 is 5.78 Å². The molecule has 0 atom stereocenters. The number of carbonyl (C=O) groups excluding carboxylic acids is 1. The minimum Gasteiger partial charge on any atom is -0.496 e. The Bertz CT molecular complexity index is 429. The van der Waals surface area contributed by atoms with Crippen LogP contribution in [-0.4, -0.2) is 12.9 Å². The lowest BCUT2D eigenvalue weighted by Gasteiger charge is -2.14. The monoisotopic (exact) mass is 246 g/mol. The van der Waals surface area contributed by atoms with E-state index in [0.717, 1.165) is 29.7 Å². The summed E-state index contributed by atoms with van der Waals surface area (Å²) in [6.07, 6.45) is 4.51. The van der Waals surface area contributed by atoms with Crippen molar-refractivity contribution in [3.05, 3.63) is 29.3 Å². The average Bonchev–Trinajstić information content (AvgIpc) is 2.90. The molecule has 0 aromatic heterocycles. The number of benzene rings is 1. The minimum atomic E-state index is 0.249. The largest absolute Gasteiger partial charge is 0.496 e. The molecular weight excluding hydrogens is 224 g/mol. The van der Waals surface area contributed by atoms with Crippen LogP contribution in [0.25, 0.3) is 0 Å². The van der Waals surface area contributed by atoms with Crippen molar-refractivity contribution < 1.29 is 9.53 Å². The van der Waals surface area contributed by atoms with Gasteiger partial charge in [0.2, 0.25) is 0 Å². The van der Waals surface area contributed by atoms with E-state index in [0.29, 0.717) is 11.7 Å². The molecule has 1 aliphatic carbocycles. The van der Waals surface area contributed by atoms with Crippen molar-refractivity contribution in [3.63, 3.8) is 0 Å². The highest BCUT2D eigenvalue weighted by Crippen LogP contribution is 2.31. The second-order valence-corrected chi connectivity index (χ2v) is 5.46. The van der Waals surface area contributed by atoms with Gasteiger partial charge in [-0.1, -0.05) is 26.7 Å². The fourth-order valence-corrected chi connectivity index (χ4v) is 2.76. The van der Waals surface area contributed by atoms with Gasteiger partial charge in [-0.2, -0.15) is 0 Å². The molecule has 1 aliphatic rings. The van der Waals surface area contributed by atoms with Crippen molar-refractivity contribution in [2.24, 2.45) is 5.92 Å². The molecule has 1 fully saturated rings. The SMILES string of the molecule is COc1ccc(C(=O)C2CCCC2)cc1C(C)C. The Balaban J connectivity index is 2.28. The van der Waals surface area contributed by atoms with Gasteiger partial charge in [-0.15, -0.1) is 0 Å². The van der Waals surface area contributed by atoms with Gasteiger partial charge in [0.05, 0.1) is 7.11 Å². The lowest BCUT2D eigenvalue weighted by Crippen LogP contribution is -2.11. The molecule has 0 amide bonds. The van der Waals surface area contributed by atoms with Crippen molar-refractivity contribution in [1.82, 2.24) is 0 Å². The van der Waals surface area contributed by atoms with Crippen LogP contribution in [0.2, 0.25) is 0 Å².